The van der Waals surface area contributed by atoms with Gasteiger partial charge in [0.25, 0.3) is 0 Å². The molecule has 10 nitrogen and oxygen atoms in total. The number of rotatable bonds is 11. The van der Waals surface area contributed by atoms with E-state index >= 15 is 0 Å². The molecule has 0 unspecified atom stereocenters. The Kier molecular flexibility index (Phi) is 11.0. The fourth-order valence-electron chi connectivity index (χ4n) is 9.02. The van der Waals surface area contributed by atoms with Crippen molar-refractivity contribution >= 4 is 69.7 Å². The average Bonchev–Trinajstić information content (AvgIpc) is 3.72. The number of aryl methyl sites for hydroxylation is 1. The monoisotopic (exact) mass is 817 g/mol. The summed E-state index contributed by atoms with van der Waals surface area (Å²) in [7, 11) is -1.13. The van der Waals surface area contributed by atoms with Gasteiger partial charge in [0, 0.05) is 48.4 Å². The summed E-state index contributed by atoms with van der Waals surface area (Å²) in [6, 6.07) is 19.1. The lowest BCUT2D eigenvalue weighted by Gasteiger charge is -2.27. The van der Waals surface area contributed by atoms with E-state index in [1.165, 1.54) is 47.9 Å². The Balaban J connectivity index is 1.27. The number of esters is 2. The van der Waals surface area contributed by atoms with Gasteiger partial charge in [-0.3, -0.25) is 9.59 Å². The van der Waals surface area contributed by atoms with Gasteiger partial charge in [-0.15, -0.1) is 0 Å². The van der Waals surface area contributed by atoms with E-state index in [0.29, 0.717) is 18.5 Å². The normalized spacial score (nSPS) is 18.6. The molecule has 0 N–H and O–H groups in total. The second kappa shape index (κ2) is 15.5. The van der Waals surface area contributed by atoms with E-state index in [2.05, 4.69) is 113 Å². The Morgan fingerprint density at radius 1 is 0.862 bits per heavy atom. The van der Waals surface area contributed by atoms with Gasteiger partial charge in [0.2, 0.25) is 5.69 Å². The molecule has 0 fully saturated rings. The van der Waals surface area contributed by atoms with Gasteiger partial charge in [0.15, 0.2) is 18.9 Å². The molecular weight excluding hydrogens is 770 g/mol. The van der Waals surface area contributed by atoms with Crippen LogP contribution < -0.4 is 4.90 Å². The number of ether oxygens (including phenoxy) is 2. The molecule has 0 amide bonds. The molecule has 0 saturated carbocycles. The quantitative estimate of drug-likeness (QED) is 0.0635. The highest BCUT2D eigenvalue weighted by Gasteiger charge is 2.46. The smallest absolute Gasteiger partial charge is 0.302 e. The number of hydrogen-bond donors (Lipinski definition) is 0. The van der Waals surface area contributed by atoms with Crippen molar-refractivity contribution in [2.75, 3.05) is 31.2 Å². The zero-order valence-electron chi connectivity index (χ0n) is 33.9. The number of carbonyl (C=O) groups is 2. The molecule has 2 aliphatic heterocycles. The molecule has 58 heavy (non-hydrogen) atoms. The highest BCUT2D eigenvalue weighted by atomic mass is 32.2. The van der Waals surface area contributed by atoms with Gasteiger partial charge in [0.05, 0.1) is 22.6 Å². The largest absolute Gasteiger partial charge is 0.744 e. The van der Waals surface area contributed by atoms with E-state index < -0.39 is 15.5 Å². The van der Waals surface area contributed by atoms with Crippen LogP contribution in [0, 0.1) is 6.92 Å². The van der Waals surface area contributed by atoms with Gasteiger partial charge in [-0.25, -0.2) is 13.2 Å². The number of anilines is 1. The molecule has 4 aromatic carbocycles. The first-order valence-corrected chi connectivity index (χ1v) is 21.3. The summed E-state index contributed by atoms with van der Waals surface area (Å²) in [6.07, 6.45) is 10.1. The highest BCUT2D eigenvalue weighted by molar-refractivity contribution is 7.85. The minimum absolute atomic E-state index is 0.174. The number of nitrogens with zero attached hydrogens (tertiary/aromatic N) is 3. The summed E-state index contributed by atoms with van der Waals surface area (Å²) in [4.78, 5) is 25.4. The average molecular weight is 818 g/mol. The van der Waals surface area contributed by atoms with E-state index in [1.54, 1.807) is 6.07 Å². The van der Waals surface area contributed by atoms with Crippen LogP contribution in [-0.2, 0) is 40.0 Å². The molecule has 0 atom stereocenters. The van der Waals surface area contributed by atoms with Crippen molar-refractivity contribution in [3.63, 3.8) is 0 Å². The standard InChI is InChI=1S/C46H48N3O7PS/c1-28-8-16-36-33(26-28)11-18-38-42(36)45(4,5)40(48(38)22-24-55-29(2)50)20-13-31-9-10-32(44(31)47-57)14-21-41-46(6,7)43-37-17-15-35(58(52,53)54)27-34(37)12-19-39(43)49(41)23-25-56-30(3)51/h8,11-21,26-27,57H,9-10,22-25H2,1-7H3. The first-order chi connectivity index (χ1) is 27.4. The van der Waals surface area contributed by atoms with Crippen molar-refractivity contribution < 1.29 is 36.6 Å². The predicted octanol–water partition coefficient (Wildman–Crippen LogP) is 9.25. The third-order valence-corrected chi connectivity index (χ3v) is 12.7. The van der Waals surface area contributed by atoms with Crippen molar-refractivity contribution in [3.8, 4) is 0 Å². The van der Waals surface area contributed by atoms with E-state index in [4.69, 9.17) is 9.47 Å². The summed E-state index contributed by atoms with van der Waals surface area (Å²) in [5, 5.41) is 3.88. The number of allylic oxidation sites excluding steroid dienone is 7. The first kappa shape index (κ1) is 41.0. The van der Waals surface area contributed by atoms with Crippen molar-refractivity contribution in [1.29, 1.82) is 0 Å². The lowest BCUT2D eigenvalue weighted by Crippen LogP contribution is -2.29. The minimum atomic E-state index is -4.63. The van der Waals surface area contributed by atoms with Crippen LogP contribution in [0.5, 0.6) is 0 Å². The van der Waals surface area contributed by atoms with E-state index in [-0.39, 0.29) is 35.5 Å². The maximum absolute atomic E-state index is 11.9. The Labute approximate surface area is 342 Å². The molecule has 4 aromatic rings. The van der Waals surface area contributed by atoms with Crippen LogP contribution in [0.1, 0.15) is 71.1 Å². The van der Waals surface area contributed by atoms with Gasteiger partial charge in [-0.1, -0.05) is 61.9 Å². The van der Waals surface area contributed by atoms with Gasteiger partial charge < -0.3 is 18.9 Å². The SMILES string of the molecule is CC(=O)OCCN1/C(=C/C=C2\CCC(/C=C/C3=[N+](CCOC(C)=O)c4ccc5cc(C)ccc5c4C3(C)C)=C2N=P)C(C)(C)c2c1ccc1cc(S(=O)(=O)[O-])ccc21. The van der Waals surface area contributed by atoms with Crippen molar-refractivity contribution in [3.05, 3.63) is 124 Å². The Morgan fingerprint density at radius 3 is 2.24 bits per heavy atom. The summed E-state index contributed by atoms with van der Waals surface area (Å²) in [5.74, 6) is -0.675. The summed E-state index contributed by atoms with van der Waals surface area (Å²) >= 11 is 0. The van der Waals surface area contributed by atoms with Crippen LogP contribution in [0.4, 0.5) is 11.4 Å². The number of benzene rings is 4. The third kappa shape index (κ3) is 7.47. The highest BCUT2D eigenvalue weighted by Crippen LogP contribution is 2.51. The Hall–Kier alpha value is -5.22. The van der Waals surface area contributed by atoms with Crippen LogP contribution in [-0.4, -0.2) is 61.5 Å². The molecule has 1 aliphatic carbocycles. The molecule has 0 spiro atoms. The van der Waals surface area contributed by atoms with Crippen LogP contribution in [0.2, 0.25) is 0 Å². The Bertz CT molecular complexity index is 2700. The zero-order chi connectivity index (χ0) is 41.7. The molecule has 2 heterocycles. The molecule has 300 valence electrons. The fourth-order valence-corrected chi connectivity index (χ4v) is 9.82. The zero-order valence-corrected chi connectivity index (χ0v) is 35.7. The maximum atomic E-state index is 11.9. The molecule has 0 aromatic heterocycles. The number of carbonyl (C=O) groups excluding carboxylic acids is 2. The van der Waals surface area contributed by atoms with Gasteiger partial charge in [-0.2, -0.15) is 4.58 Å². The number of hydrogen-bond acceptors (Lipinski definition) is 9. The molecule has 7 rings (SSSR count). The first-order valence-electron chi connectivity index (χ1n) is 19.4. The van der Waals surface area contributed by atoms with Crippen LogP contribution >= 0.6 is 9.03 Å². The van der Waals surface area contributed by atoms with Gasteiger partial charge in [0.1, 0.15) is 16.7 Å². The molecule has 0 saturated heterocycles. The molecule has 3 aliphatic rings. The molecule has 0 radical (unpaired) electrons. The van der Waals surface area contributed by atoms with E-state index in [1.807, 2.05) is 12.1 Å². The second-order valence-electron chi connectivity index (χ2n) is 16.2. The van der Waals surface area contributed by atoms with Crippen LogP contribution in [0.3, 0.4) is 0 Å². The number of fused-ring (bicyclic) bond motifs is 6. The van der Waals surface area contributed by atoms with Crippen LogP contribution in [0.15, 0.2) is 117 Å². The Morgan fingerprint density at radius 2 is 1.53 bits per heavy atom. The molecule has 0 bridgehead atoms. The lowest BCUT2D eigenvalue weighted by molar-refractivity contribution is -0.440. The lowest BCUT2D eigenvalue weighted by atomic mass is 9.78. The topological polar surface area (TPSA) is 128 Å². The minimum Gasteiger partial charge on any atom is -0.744 e. The molecular formula is C46H48N3O7PS. The second-order valence-corrected chi connectivity index (χ2v) is 17.8. The van der Waals surface area contributed by atoms with E-state index in [0.717, 1.165) is 63.4 Å². The predicted molar refractivity (Wildman–Crippen MR) is 229 cm³/mol. The molecule has 12 heteroatoms. The summed E-state index contributed by atoms with van der Waals surface area (Å²) in [6.45, 7) is 15.0. The van der Waals surface area contributed by atoms with Gasteiger partial charge >= 0.3 is 11.9 Å². The van der Waals surface area contributed by atoms with Crippen molar-refractivity contribution in [2.45, 2.75) is 77.0 Å². The fraction of sp³-hybridized carbons (Fsp3) is 0.326. The van der Waals surface area contributed by atoms with Crippen molar-refractivity contribution in [1.82, 2.24) is 0 Å². The third-order valence-electron chi connectivity index (χ3n) is 11.6. The van der Waals surface area contributed by atoms with Crippen molar-refractivity contribution in [2.24, 2.45) is 4.74 Å². The summed E-state index contributed by atoms with van der Waals surface area (Å²) < 4.78 is 53.2. The maximum Gasteiger partial charge on any atom is 0.302 e. The van der Waals surface area contributed by atoms with E-state index in [9.17, 15) is 22.6 Å². The summed E-state index contributed by atoms with van der Waals surface area (Å²) in [5.41, 5.74) is 9.61. The van der Waals surface area contributed by atoms with Gasteiger partial charge in [-0.05, 0) is 111 Å². The van der Waals surface area contributed by atoms with Crippen LogP contribution in [0.25, 0.3) is 21.5 Å².